The monoisotopic (exact) mass is 256 g/mol. The molecule has 3 fully saturated rings. The van der Waals surface area contributed by atoms with E-state index < -0.39 is 0 Å². The van der Waals surface area contributed by atoms with E-state index in [9.17, 15) is 0 Å². The molecule has 2 bridgehead atoms. The minimum Gasteiger partial charge on any atom is -0.310 e. The average molecular weight is 256 g/mol. The summed E-state index contributed by atoms with van der Waals surface area (Å²) in [5.74, 6) is 4.17. The maximum atomic E-state index is 4.20. The molecule has 1 aromatic rings. The zero-order valence-electron chi connectivity index (χ0n) is 11.6. The first-order valence-corrected chi connectivity index (χ1v) is 8.04. The van der Waals surface area contributed by atoms with Crippen LogP contribution in [0.1, 0.15) is 44.1 Å². The highest BCUT2D eigenvalue weighted by atomic mass is 14.9. The highest BCUT2D eigenvalue weighted by molar-refractivity contribution is 5.10. The molecule has 102 valence electrons. The van der Waals surface area contributed by atoms with Crippen LogP contribution in [0.4, 0.5) is 0 Å². The van der Waals surface area contributed by atoms with Crippen LogP contribution in [0.15, 0.2) is 24.5 Å². The lowest BCUT2D eigenvalue weighted by Gasteiger charge is -2.39. The number of pyridine rings is 1. The van der Waals surface area contributed by atoms with Gasteiger partial charge < -0.3 is 5.32 Å². The summed E-state index contributed by atoms with van der Waals surface area (Å²) in [6.45, 7) is 0.999. The van der Waals surface area contributed by atoms with Gasteiger partial charge in [0.05, 0.1) is 0 Å². The second-order valence-corrected chi connectivity index (χ2v) is 6.86. The van der Waals surface area contributed by atoms with Gasteiger partial charge in [-0.15, -0.1) is 0 Å². The van der Waals surface area contributed by atoms with Gasteiger partial charge in [0.15, 0.2) is 0 Å². The Balaban J connectivity index is 1.39. The molecule has 0 aliphatic heterocycles. The van der Waals surface area contributed by atoms with E-state index in [4.69, 9.17) is 0 Å². The van der Waals surface area contributed by atoms with E-state index in [1.165, 1.54) is 44.1 Å². The van der Waals surface area contributed by atoms with Crippen LogP contribution >= 0.6 is 0 Å². The third-order valence-corrected chi connectivity index (χ3v) is 5.97. The Morgan fingerprint density at radius 2 is 2.00 bits per heavy atom. The van der Waals surface area contributed by atoms with Gasteiger partial charge in [-0.2, -0.15) is 0 Å². The highest BCUT2D eigenvalue weighted by Gasteiger charge is 2.52. The van der Waals surface area contributed by atoms with Crippen LogP contribution in [0.5, 0.6) is 0 Å². The fraction of sp³-hybridized carbons (Fsp3) is 0.706. The molecular formula is C17H24N2. The van der Waals surface area contributed by atoms with Crippen molar-refractivity contribution in [2.75, 3.05) is 0 Å². The topological polar surface area (TPSA) is 24.9 Å². The van der Waals surface area contributed by atoms with Gasteiger partial charge in [0.1, 0.15) is 0 Å². The molecule has 0 saturated heterocycles. The number of hydrogen-bond acceptors (Lipinski definition) is 2. The van der Waals surface area contributed by atoms with Gasteiger partial charge in [0, 0.05) is 25.0 Å². The molecule has 5 atom stereocenters. The SMILES string of the molecule is c1cncc(CN[C@@H]2C[C@H]3C[C@@H]2[C@@H]2CCCC[C@H]32)c1. The molecule has 1 N–H and O–H groups in total. The van der Waals surface area contributed by atoms with E-state index in [2.05, 4.69) is 16.4 Å². The van der Waals surface area contributed by atoms with Crippen molar-refractivity contribution < 1.29 is 0 Å². The summed E-state index contributed by atoms with van der Waals surface area (Å²) < 4.78 is 0. The Kier molecular flexibility index (Phi) is 3.07. The lowest BCUT2D eigenvalue weighted by molar-refractivity contribution is 0.129. The van der Waals surface area contributed by atoms with Crippen LogP contribution in [0, 0.1) is 23.7 Å². The summed E-state index contributed by atoms with van der Waals surface area (Å²) in [6, 6.07) is 5.00. The van der Waals surface area contributed by atoms with Gasteiger partial charge in [-0.3, -0.25) is 4.98 Å². The van der Waals surface area contributed by atoms with E-state index in [1.54, 1.807) is 0 Å². The second kappa shape index (κ2) is 4.90. The van der Waals surface area contributed by atoms with Crippen molar-refractivity contribution in [2.24, 2.45) is 23.7 Å². The van der Waals surface area contributed by atoms with Gasteiger partial charge in [0.25, 0.3) is 0 Å². The number of rotatable bonds is 3. The molecule has 3 saturated carbocycles. The Morgan fingerprint density at radius 1 is 1.11 bits per heavy atom. The normalized spacial score (nSPS) is 40.3. The summed E-state index contributed by atoms with van der Waals surface area (Å²) in [6.07, 6.45) is 12.8. The Labute approximate surface area is 116 Å². The summed E-state index contributed by atoms with van der Waals surface area (Å²) in [4.78, 5) is 4.20. The molecule has 4 rings (SSSR count). The molecule has 1 aromatic heterocycles. The third-order valence-electron chi connectivity index (χ3n) is 5.97. The van der Waals surface area contributed by atoms with Crippen LogP contribution in [0.2, 0.25) is 0 Å². The van der Waals surface area contributed by atoms with Crippen molar-refractivity contribution in [3.8, 4) is 0 Å². The summed E-state index contributed by atoms with van der Waals surface area (Å²) in [5, 5.41) is 3.82. The Morgan fingerprint density at radius 3 is 2.84 bits per heavy atom. The van der Waals surface area contributed by atoms with Gasteiger partial charge in [-0.1, -0.05) is 18.9 Å². The van der Waals surface area contributed by atoms with Crippen LogP contribution in [-0.4, -0.2) is 11.0 Å². The van der Waals surface area contributed by atoms with Crippen LogP contribution in [0.3, 0.4) is 0 Å². The molecule has 0 spiro atoms. The van der Waals surface area contributed by atoms with Crippen LogP contribution < -0.4 is 5.32 Å². The fourth-order valence-electron chi connectivity index (χ4n) is 5.23. The minimum absolute atomic E-state index is 0.782. The zero-order valence-corrected chi connectivity index (χ0v) is 11.6. The first kappa shape index (κ1) is 11.9. The maximum Gasteiger partial charge on any atom is 0.0312 e. The molecule has 3 aliphatic carbocycles. The predicted octanol–water partition coefficient (Wildman–Crippen LogP) is 3.39. The molecule has 1 heterocycles. The van der Waals surface area contributed by atoms with Crippen LogP contribution in [0.25, 0.3) is 0 Å². The maximum absolute atomic E-state index is 4.20. The average Bonchev–Trinajstić information content (AvgIpc) is 3.05. The van der Waals surface area contributed by atoms with Crippen molar-refractivity contribution in [3.05, 3.63) is 30.1 Å². The molecule has 2 nitrogen and oxygen atoms in total. The molecule has 2 heteroatoms. The van der Waals surface area contributed by atoms with Gasteiger partial charge >= 0.3 is 0 Å². The molecule has 0 radical (unpaired) electrons. The van der Waals surface area contributed by atoms with Crippen LogP contribution in [-0.2, 0) is 6.54 Å². The first-order chi connectivity index (χ1) is 9.42. The number of nitrogens with one attached hydrogen (secondary N) is 1. The van der Waals surface area contributed by atoms with Crippen molar-refractivity contribution in [3.63, 3.8) is 0 Å². The van der Waals surface area contributed by atoms with E-state index in [1.807, 2.05) is 18.5 Å². The van der Waals surface area contributed by atoms with Gasteiger partial charge in [-0.25, -0.2) is 0 Å². The van der Waals surface area contributed by atoms with Crippen molar-refractivity contribution >= 4 is 0 Å². The third kappa shape index (κ3) is 2.10. The molecule has 19 heavy (non-hydrogen) atoms. The second-order valence-electron chi connectivity index (χ2n) is 6.86. The molecule has 0 aromatic carbocycles. The number of hydrogen-bond donors (Lipinski definition) is 1. The smallest absolute Gasteiger partial charge is 0.0312 e. The standard InChI is InChI=1S/C17H24N2/c1-2-6-15-14(5-1)13-8-16(15)17(9-13)19-11-12-4-3-7-18-10-12/h3-4,7,10,13-17,19H,1-2,5-6,8-9,11H2/t13-,14-,15-,16-,17-/m1/s1. The zero-order chi connectivity index (χ0) is 12.7. The van der Waals surface area contributed by atoms with Gasteiger partial charge in [-0.05, 0) is 61.0 Å². The lowest BCUT2D eigenvalue weighted by atomic mass is 9.69. The highest BCUT2D eigenvalue weighted by Crippen LogP contribution is 2.57. The predicted molar refractivity (Wildman–Crippen MR) is 76.5 cm³/mol. The molecule has 0 amide bonds. The Hall–Kier alpha value is -0.890. The van der Waals surface area contributed by atoms with E-state index in [0.29, 0.717) is 0 Å². The number of fused-ring (bicyclic) bond motifs is 5. The van der Waals surface area contributed by atoms with E-state index >= 15 is 0 Å². The van der Waals surface area contributed by atoms with Gasteiger partial charge in [0.2, 0.25) is 0 Å². The number of aromatic nitrogens is 1. The summed E-state index contributed by atoms with van der Waals surface area (Å²) in [7, 11) is 0. The fourth-order valence-corrected chi connectivity index (χ4v) is 5.23. The largest absolute Gasteiger partial charge is 0.310 e. The summed E-state index contributed by atoms with van der Waals surface area (Å²) >= 11 is 0. The molecule has 3 aliphatic rings. The quantitative estimate of drug-likeness (QED) is 0.896. The first-order valence-electron chi connectivity index (χ1n) is 8.04. The van der Waals surface area contributed by atoms with Crippen molar-refractivity contribution in [1.82, 2.24) is 10.3 Å². The Bertz CT molecular complexity index is 430. The van der Waals surface area contributed by atoms with E-state index in [0.717, 1.165) is 36.3 Å². The summed E-state index contributed by atoms with van der Waals surface area (Å²) in [5.41, 5.74) is 1.32. The molecule has 0 unspecified atom stereocenters. The molecular weight excluding hydrogens is 232 g/mol. The van der Waals surface area contributed by atoms with Crippen molar-refractivity contribution in [1.29, 1.82) is 0 Å². The lowest BCUT2D eigenvalue weighted by Crippen LogP contribution is -2.41. The number of nitrogens with zero attached hydrogens (tertiary/aromatic N) is 1. The van der Waals surface area contributed by atoms with Crippen molar-refractivity contribution in [2.45, 2.75) is 51.1 Å². The minimum atomic E-state index is 0.782. The van der Waals surface area contributed by atoms with E-state index in [-0.39, 0.29) is 0 Å².